The quantitative estimate of drug-likeness (QED) is 0.923. The van der Waals surface area contributed by atoms with Gasteiger partial charge in [-0.25, -0.2) is 0 Å². The second kappa shape index (κ2) is 5.71. The van der Waals surface area contributed by atoms with E-state index in [1.54, 1.807) is 0 Å². The molecule has 3 aliphatic rings. The maximum absolute atomic E-state index is 12.8. The van der Waals surface area contributed by atoms with Gasteiger partial charge in [0.05, 0.1) is 5.92 Å². The highest BCUT2D eigenvalue weighted by atomic mass is 16.6. The lowest BCUT2D eigenvalue weighted by atomic mass is 9.84. The summed E-state index contributed by atoms with van der Waals surface area (Å²) >= 11 is 0. The number of fused-ring (bicyclic) bond motifs is 3. The molecule has 1 aromatic rings. The van der Waals surface area contributed by atoms with E-state index >= 15 is 0 Å². The molecule has 0 spiro atoms. The van der Waals surface area contributed by atoms with Crippen LogP contribution in [0.3, 0.4) is 0 Å². The molecule has 5 nitrogen and oxygen atoms in total. The summed E-state index contributed by atoms with van der Waals surface area (Å²) in [6, 6.07) is 5.94. The molecule has 1 heterocycles. The average Bonchev–Trinajstić information content (AvgIpc) is 3.15. The Hall–Kier alpha value is -1.75. The van der Waals surface area contributed by atoms with Crippen LogP contribution in [0.5, 0.6) is 11.5 Å². The molecular weight excluding hydrogens is 292 g/mol. The predicted octanol–water partition coefficient (Wildman–Crippen LogP) is 1.79. The Morgan fingerprint density at radius 1 is 1.22 bits per heavy atom. The van der Waals surface area contributed by atoms with Gasteiger partial charge in [-0.2, -0.15) is 0 Å². The Labute approximate surface area is 136 Å². The van der Waals surface area contributed by atoms with E-state index < -0.39 is 0 Å². The van der Waals surface area contributed by atoms with Gasteiger partial charge in [-0.1, -0.05) is 6.07 Å². The first-order chi connectivity index (χ1) is 11.1. The smallest absolute Gasteiger partial charge is 0.227 e. The minimum atomic E-state index is 0.0101. The number of hydrogen-bond acceptors (Lipinski definition) is 4. The molecule has 2 saturated carbocycles. The Morgan fingerprint density at radius 3 is 2.70 bits per heavy atom. The molecule has 2 N–H and O–H groups in total. The standard InChI is InChI=1S/C18H24N2O3/c1-20(18(21)16-12-3-4-13(9-12)17(16)19)10-11-2-5-14-15(8-11)23-7-6-22-14/h2,5,8,12-13,16-17H,3-4,6-7,9-10,19H2,1H3/t12-,13-,16+,17+/m0/s1. The van der Waals surface area contributed by atoms with Gasteiger partial charge in [-0.15, -0.1) is 0 Å². The molecule has 4 atom stereocenters. The fourth-order valence-corrected chi connectivity index (χ4v) is 4.49. The lowest BCUT2D eigenvalue weighted by molar-refractivity contribution is -0.137. The fourth-order valence-electron chi connectivity index (χ4n) is 4.49. The van der Waals surface area contributed by atoms with Crippen molar-refractivity contribution in [2.75, 3.05) is 20.3 Å². The van der Waals surface area contributed by atoms with Crippen LogP contribution in [-0.4, -0.2) is 37.1 Å². The van der Waals surface area contributed by atoms with Crippen molar-refractivity contribution in [3.05, 3.63) is 23.8 Å². The molecule has 124 valence electrons. The van der Waals surface area contributed by atoms with Gasteiger partial charge in [-0.05, 0) is 48.8 Å². The SMILES string of the molecule is CN(Cc1ccc2c(c1)OCCO2)C(=O)[C@@H]1[C@H]2CC[C@@H](C2)[C@H]1N. The summed E-state index contributed by atoms with van der Waals surface area (Å²) in [7, 11) is 1.87. The average molecular weight is 316 g/mol. The largest absolute Gasteiger partial charge is 0.486 e. The molecule has 23 heavy (non-hydrogen) atoms. The van der Waals surface area contributed by atoms with Gasteiger partial charge in [-0.3, -0.25) is 4.79 Å². The molecule has 1 aliphatic heterocycles. The van der Waals surface area contributed by atoms with Gasteiger partial charge in [0.2, 0.25) is 5.91 Å². The highest BCUT2D eigenvalue weighted by Crippen LogP contribution is 2.48. The maximum Gasteiger partial charge on any atom is 0.227 e. The third-order valence-corrected chi connectivity index (χ3v) is 5.67. The first-order valence-corrected chi connectivity index (χ1v) is 8.52. The fraction of sp³-hybridized carbons (Fsp3) is 0.611. The lowest BCUT2D eigenvalue weighted by Gasteiger charge is -2.31. The molecule has 1 aromatic carbocycles. The van der Waals surface area contributed by atoms with E-state index in [2.05, 4.69) is 0 Å². The van der Waals surface area contributed by atoms with E-state index in [0.29, 0.717) is 31.6 Å². The summed E-state index contributed by atoms with van der Waals surface area (Å²) in [4.78, 5) is 14.6. The molecule has 0 unspecified atom stereocenters. The van der Waals surface area contributed by atoms with Crippen LogP contribution in [0.15, 0.2) is 18.2 Å². The maximum atomic E-state index is 12.8. The Balaban J connectivity index is 1.45. The number of hydrogen-bond donors (Lipinski definition) is 1. The van der Waals surface area contributed by atoms with Crippen LogP contribution in [-0.2, 0) is 11.3 Å². The highest BCUT2D eigenvalue weighted by Gasteiger charge is 2.49. The molecule has 0 radical (unpaired) electrons. The van der Waals surface area contributed by atoms with Crippen molar-refractivity contribution in [2.45, 2.75) is 31.8 Å². The van der Waals surface area contributed by atoms with Crippen molar-refractivity contribution in [1.82, 2.24) is 4.90 Å². The van der Waals surface area contributed by atoms with Crippen molar-refractivity contribution in [2.24, 2.45) is 23.5 Å². The Bertz CT molecular complexity index is 616. The molecule has 2 aliphatic carbocycles. The molecule has 2 fully saturated rings. The van der Waals surface area contributed by atoms with E-state index in [4.69, 9.17) is 15.2 Å². The second-order valence-corrected chi connectivity index (χ2v) is 7.11. The van der Waals surface area contributed by atoms with Crippen molar-refractivity contribution < 1.29 is 14.3 Å². The van der Waals surface area contributed by atoms with E-state index in [9.17, 15) is 4.79 Å². The summed E-state index contributed by atoms with van der Waals surface area (Å²) in [6.45, 7) is 1.74. The Morgan fingerprint density at radius 2 is 1.96 bits per heavy atom. The summed E-state index contributed by atoms with van der Waals surface area (Å²) in [5, 5.41) is 0. The molecule has 0 saturated heterocycles. The summed E-state index contributed by atoms with van der Waals surface area (Å²) in [5.74, 6) is 2.80. The Kier molecular flexibility index (Phi) is 3.68. The second-order valence-electron chi connectivity index (χ2n) is 7.11. The number of nitrogens with two attached hydrogens (primary N) is 1. The van der Waals surface area contributed by atoms with Crippen LogP contribution < -0.4 is 15.2 Å². The van der Waals surface area contributed by atoms with E-state index in [-0.39, 0.29) is 17.9 Å². The first kappa shape index (κ1) is 14.8. The van der Waals surface area contributed by atoms with Crippen molar-refractivity contribution in [1.29, 1.82) is 0 Å². The van der Waals surface area contributed by atoms with E-state index in [0.717, 1.165) is 29.9 Å². The van der Waals surface area contributed by atoms with E-state index in [1.165, 1.54) is 6.42 Å². The van der Waals surface area contributed by atoms with Crippen LogP contribution in [0.2, 0.25) is 0 Å². The zero-order valence-corrected chi connectivity index (χ0v) is 13.5. The number of nitrogens with zero attached hydrogens (tertiary/aromatic N) is 1. The van der Waals surface area contributed by atoms with Crippen molar-refractivity contribution in [3.63, 3.8) is 0 Å². The number of rotatable bonds is 3. The summed E-state index contributed by atoms with van der Waals surface area (Å²) < 4.78 is 11.2. The molecule has 2 bridgehead atoms. The molecule has 4 rings (SSSR count). The third-order valence-electron chi connectivity index (χ3n) is 5.67. The zero-order chi connectivity index (χ0) is 16.0. The van der Waals surface area contributed by atoms with Crippen molar-refractivity contribution in [3.8, 4) is 11.5 Å². The van der Waals surface area contributed by atoms with Crippen molar-refractivity contribution >= 4 is 5.91 Å². The highest BCUT2D eigenvalue weighted by molar-refractivity contribution is 5.80. The summed E-state index contributed by atoms with van der Waals surface area (Å²) in [6.07, 6.45) is 3.49. The first-order valence-electron chi connectivity index (χ1n) is 8.52. The van der Waals surface area contributed by atoms with Gasteiger partial charge in [0.25, 0.3) is 0 Å². The summed E-state index contributed by atoms with van der Waals surface area (Å²) in [5.41, 5.74) is 7.36. The zero-order valence-electron chi connectivity index (χ0n) is 13.5. The number of benzene rings is 1. The monoisotopic (exact) mass is 316 g/mol. The normalized spacial score (nSPS) is 31.2. The number of amides is 1. The number of ether oxygens (including phenoxy) is 2. The molecular formula is C18H24N2O3. The lowest BCUT2D eigenvalue weighted by Crippen LogP contribution is -2.45. The molecule has 1 amide bonds. The van der Waals surface area contributed by atoms with Crippen LogP contribution in [0.4, 0.5) is 0 Å². The topological polar surface area (TPSA) is 64.8 Å². The predicted molar refractivity (Wildman–Crippen MR) is 86.2 cm³/mol. The third kappa shape index (κ3) is 2.57. The number of carbonyl (C=O) groups is 1. The van der Waals surface area contributed by atoms with Crippen LogP contribution in [0.25, 0.3) is 0 Å². The minimum absolute atomic E-state index is 0.0101. The molecule has 5 heteroatoms. The van der Waals surface area contributed by atoms with Gasteiger partial charge in [0.15, 0.2) is 11.5 Å². The van der Waals surface area contributed by atoms with Gasteiger partial charge in [0, 0.05) is 19.6 Å². The van der Waals surface area contributed by atoms with Crippen LogP contribution in [0, 0.1) is 17.8 Å². The number of carbonyl (C=O) groups excluding carboxylic acids is 1. The molecule has 0 aromatic heterocycles. The minimum Gasteiger partial charge on any atom is -0.486 e. The van der Waals surface area contributed by atoms with Gasteiger partial charge >= 0.3 is 0 Å². The van der Waals surface area contributed by atoms with Crippen LogP contribution >= 0.6 is 0 Å². The van der Waals surface area contributed by atoms with Crippen LogP contribution in [0.1, 0.15) is 24.8 Å². The van der Waals surface area contributed by atoms with Gasteiger partial charge in [0.1, 0.15) is 13.2 Å². The van der Waals surface area contributed by atoms with Gasteiger partial charge < -0.3 is 20.1 Å². The van der Waals surface area contributed by atoms with E-state index in [1.807, 2.05) is 30.1 Å².